The number of aliphatic hydroxyl groups is 1. The van der Waals surface area contributed by atoms with Crippen LogP contribution in [0.1, 0.15) is 27.2 Å². The first-order chi connectivity index (χ1) is 7.93. The number of carbonyl (C=O) groups is 2. The lowest BCUT2D eigenvalue weighted by Crippen LogP contribution is -2.40. The molecule has 1 saturated heterocycles. The summed E-state index contributed by atoms with van der Waals surface area (Å²) in [6.07, 6.45) is 0.288. The Morgan fingerprint density at radius 2 is 2.18 bits per heavy atom. The largest absolute Gasteiger partial charge is 0.394 e. The fourth-order valence-corrected chi connectivity index (χ4v) is 1.97. The molecule has 1 fully saturated rings. The fourth-order valence-electron chi connectivity index (χ4n) is 1.97. The van der Waals surface area contributed by atoms with Crippen LogP contribution in [0, 0.1) is 11.8 Å². The Labute approximate surface area is 102 Å². The number of hydrogen-bond donors (Lipinski definition) is 2. The fraction of sp³-hybridized carbons (Fsp3) is 0.833. The first-order valence-corrected chi connectivity index (χ1v) is 6.13. The number of rotatable bonds is 5. The first-order valence-electron chi connectivity index (χ1n) is 6.13. The molecular formula is C12H22N2O3. The van der Waals surface area contributed by atoms with Gasteiger partial charge in [0.2, 0.25) is 11.8 Å². The predicted molar refractivity (Wildman–Crippen MR) is 64.2 cm³/mol. The molecule has 5 nitrogen and oxygen atoms in total. The maximum Gasteiger partial charge on any atom is 0.225 e. The SMILES string of the molecule is CC(C)CN1CC(C(=O)N[C@@H](C)CO)CC1=O. The van der Waals surface area contributed by atoms with Gasteiger partial charge in [-0.15, -0.1) is 0 Å². The Balaban J connectivity index is 2.47. The van der Waals surface area contributed by atoms with Gasteiger partial charge in [0.1, 0.15) is 0 Å². The van der Waals surface area contributed by atoms with Gasteiger partial charge in [0.05, 0.1) is 12.5 Å². The molecule has 2 N–H and O–H groups in total. The average Bonchev–Trinajstić information content (AvgIpc) is 2.59. The Hall–Kier alpha value is -1.10. The number of hydrogen-bond acceptors (Lipinski definition) is 3. The van der Waals surface area contributed by atoms with E-state index in [9.17, 15) is 9.59 Å². The number of amides is 2. The maximum atomic E-state index is 11.8. The van der Waals surface area contributed by atoms with Crippen molar-refractivity contribution in [2.75, 3.05) is 19.7 Å². The van der Waals surface area contributed by atoms with Crippen molar-refractivity contribution in [3.63, 3.8) is 0 Å². The lowest BCUT2D eigenvalue weighted by molar-refractivity contribution is -0.129. The van der Waals surface area contributed by atoms with Crippen LogP contribution < -0.4 is 5.32 Å². The molecule has 2 atom stereocenters. The van der Waals surface area contributed by atoms with E-state index in [2.05, 4.69) is 19.2 Å². The van der Waals surface area contributed by atoms with Crippen molar-refractivity contribution in [3.05, 3.63) is 0 Å². The Morgan fingerprint density at radius 3 is 2.71 bits per heavy atom. The zero-order valence-electron chi connectivity index (χ0n) is 10.8. The number of nitrogens with one attached hydrogen (secondary N) is 1. The Morgan fingerprint density at radius 1 is 1.53 bits per heavy atom. The van der Waals surface area contributed by atoms with Gasteiger partial charge >= 0.3 is 0 Å². The van der Waals surface area contributed by atoms with Crippen molar-refractivity contribution in [2.45, 2.75) is 33.2 Å². The summed E-state index contributed by atoms with van der Waals surface area (Å²) in [5.74, 6) is 0.0639. The quantitative estimate of drug-likeness (QED) is 0.712. The number of nitrogens with zero attached hydrogens (tertiary/aromatic N) is 1. The van der Waals surface area contributed by atoms with Crippen molar-refractivity contribution < 1.29 is 14.7 Å². The van der Waals surface area contributed by atoms with Crippen LogP contribution in [-0.4, -0.2) is 47.6 Å². The van der Waals surface area contributed by atoms with Crippen LogP contribution in [0.15, 0.2) is 0 Å². The molecule has 0 spiro atoms. The van der Waals surface area contributed by atoms with Crippen molar-refractivity contribution in [1.82, 2.24) is 10.2 Å². The van der Waals surface area contributed by atoms with E-state index < -0.39 is 0 Å². The van der Waals surface area contributed by atoms with E-state index in [1.807, 2.05) is 0 Å². The van der Waals surface area contributed by atoms with Gasteiger partial charge in [-0.3, -0.25) is 9.59 Å². The van der Waals surface area contributed by atoms with E-state index >= 15 is 0 Å². The van der Waals surface area contributed by atoms with Gasteiger partial charge in [0.25, 0.3) is 0 Å². The molecule has 17 heavy (non-hydrogen) atoms. The van der Waals surface area contributed by atoms with Crippen molar-refractivity contribution >= 4 is 11.8 Å². The van der Waals surface area contributed by atoms with Crippen LogP contribution in [0.2, 0.25) is 0 Å². The third kappa shape index (κ3) is 4.00. The molecule has 1 rings (SSSR count). The smallest absolute Gasteiger partial charge is 0.225 e. The summed E-state index contributed by atoms with van der Waals surface area (Å²) in [6, 6.07) is -0.253. The monoisotopic (exact) mass is 242 g/mol. The lowest BCUT2D eigenvalue weighted by Gasteiger charge is -2.19. The summed E-state index contributed by atoms with van der Waals surface area (Å²) >= 11 is 0. The highest BCUT2D eigenvalue weighted by molar-refractivity contribution is 5.89. The first kappa shape index (κ1) is 14.0. The van der Waals surface area contributed by atoms with Gasteiger partial charge < -0.3 is 15.3 Å². The molecule has 0 radical (unpaired) electrons. The molecule has 0 aliphatic carbocycles. The Bertz CT molecular complexity index is 291. The molecule has 0 aromatic carbocycles. The topological polar surface area (TPSA) is 69.6 Å². The van der Waals surface area contributed by atoms with Gasteiger partial charge in [0.15, 0.2) is 0 Å². The second-order valence-electron chi connectivity index (χ2n) is 5.19. The summed E-state index contributed by atoms with van der Waals surface area (Å²) < 4.78 is 0. The summed E-state index contributed by atoms with van der Waals surface area (Å²) in [6.45, 7) is 6.96. The third-order valence-corrected chi connectivity index (χ3v) is 2.83. The lowest BCUT2D eigenvalue weighted by atomic mass is 10.1. The van der Waals surface area contributed by atoms with E-state index in [1.165, 1.54) is 0 Å². The predicted octanol–water partition coefficient (Wildman–Crippen LogP) is -0.0121. The number of carbonyl (C=O) groups excluding carboxylic acids is 2. The molecule has 0 aromatic rings. The summed E-state index contributed by atoms with van der Waals surface area (Å²) in [5.41, 5.74) is 0. The third-order valence-electron chi connectivity index (χ3n) is 2.83. The zero-order chi connectivity index (χ0) is 13.0. The van der Waals surface area contributed by atoms with Crippen molar-refractivity contribution in [2.24, 2.45) is 11.8 Å². The summed E-state index contributed by atoms with van der Waals surface area (Å²) in [4.78, 5) is 25.2. The number of likely N-dealkylation sites (tertiary alicyclic amines) is 1. The second-order valence-corrected chi connectivity index (χ2v) is 5.19. The van der Waals surface area contributed by atoms with E-state index in [0.717, 1.165) is 0 Å². The molecule has 2 amide bonds. The van der Waals surface area contributed by atoms with E-state index in [0.29, 0.717) is 19.0 Å². The molecule has 1 aliphatic heterocycles. The minimum absolute atomic E-state index is 0.0514. The van der Waals surface area contributed by atoms with Crippen LogP contribution in [0.3, 0.4) is 0 Å². The van der Waals surface area contributed by atoms with Crippen LogP contribution in [0.4, 0.5) is 0 Å². The molecule has 0 bridgehead atoms. The molecule has 0 aromatic heterocycles. The minimum atomic E-state index is -0.268. The van der Waals surface area contributed by atoms with Gasteiger partial charge in [-0.1, -0.05) is 13.8 Å². The highest BCUT2D eigenvalue weighted by Crippen LogP contribution is 2.19. The summed E-state index contributed by atoms with van der Waals surface area (Å²) in [7, 11) is 0. The summed E-state index contributed by atoms with van der Waals surface area (Å²) in [5, 5.41) is 11.6. The number of aliphatic hydroxyl groups excluding tert-OH is 1. The second kappa shape index (κ2) is 6.00. The molecule has 1 heterocycles. The van der Waals surface area contributed by atoms with Gasteiger partial charge in [-0.25, -0.2) is 0 Å². The van der Waals surface area contributed by atoms with Crippen LogP contribution >= 0.6 is 0 Å². The van der Waals surface area contributed by atoms with Gasteiger partial charge in [-0.2, -0.15) is 0 Å². The van der Waals surface area contributed by atoms with Gasteiger partial charge in [-0.05, 0) is 12.8 Å². The van der Waals surface area contributed by atoms with E-state index in [1.54, 1.807) is 11.8 Å². The highest BCUT2D eigenvalue weighted by Gasteiger charge is 2.34. The normalized spacial score (nSPS) is 22.1. The average molecular weight is 242 g/mol. The standard InChI is InChI=1S/C12H22N2O3/c1-8(2)5-14-6-10(4-11(14)16)12(17)13-9(3)7-15/h8-10,15H,4-7H2,1-3H3,(H,13,17)/t9-,10?/m0/s1. The molecule has 98 valence electrons. The molecule has 1 aliphatic rings. The zero-order valence-corrected chi connectivity index (χ0v) is 10.8. The van der Waals surface area contributed by atoms with E-state index in [4.69, 9.17) is 5.11 Å². The van der Waals surface area contributed by atoms with Crippen molar-refractivity contribution in [3.8, 4) is 0 Å². The van der Waals surface area contributed by atoms with Crippen LogP contribution in [-0.2, 0) is 9.59 Å². The van der Waals surface area contributed by atoms with E-state index in [-0.39, 0.29) is 36.8 Å². The van der Waals surface area contributed by atoms with Crippen LogP contribution in [0.5, 0.6) is 0 Å². The molecule has 5 heteroatoms. The molecule has 1 unspecified atom stereocenters. The van der Waals surface area contributed by atoms with Crippen molar-refractivity contribution in [1.29, 1.82) is 0 Å². The minimum Gasteiger partial charge on any atom is -0.394 e. The maximum absolute atomic E-state index is 11.8. The van der Waals surface area contributed by atoms with Gasteiger partial charge in [0, 0.05) is 25.6 Å². The van der Waals surface area contributed by atoms with Crippen LogP contribution in [0.25, 0.3) is 0 Å². The molecule has 0 saturated carbocycles. The molecular weight excluding hydrogens is 220 g/mol. The highest BCUT2D eigenvalue weighted by atomic mass is 16.3. The Kier molecular flexibility index (Phi) is 4.93.